The van der Waals surface area contributed by atoms with Gasteiger partial charge in [0.05, 0.1) is 201 Å². The van der Waals surface area contributed by atoms with Gasteiger partial charge in [0.25, 0.3) is 0 Å². The van der Waals surface area contributed by atoms with E-state index in [0.717, 1.165) is 11.8 Å². The van der Waals surface area contributed by atoms with E-state index in [1.165, 1.54) is 42.5 Å². The Kier molecular flexibility index (Phi) is 60.2. The second-order valence-electron chi connectivity index (χ2n) is 34.9. The number of hydroxylamine groups is 1. The van der Waals surface area contributed by atoms with Crippen LogP contribution in [0.3, 0.4) is 0 Å². The van der Waals surface area contributed by atoms with Crippen molar-refractivity contribution in [2.45, 2.75) is 261 Å². The van der Waals surface area contributed by atoms with Gasteiger partial charge in [-0.1, -0.05) is 98.4 Å². The summed E-state index contributed by atoms with van der Waals surface area (Å²) >= 11 is 2.81. The average molecular weight is 2230 g/mol. The number of nitrogens with one attached hydrogen (secondary N) is 8. The Morgan fingerprint density at radius 3 is 1.85 bits per heavy atom. The number of methoxy groups -OCH3 is 5. The predicted molar refractivity (Wildman–Crippen MR) is 547 cm³/mol. The van der Waals surface area contributed by atoms with Crippen LogP contribution in [-0.4, -0.2) is 384 Å². The summed E-state index contributed by atoms with van der Waals surface area (Å²) in [5, 5.41) is 64.3. The number of hydrogen-bond donors (Lipinski definition) is 14. The predicted octanol–water partition coefficient (Wildman–Crippen LogP) is 3.52. The molecule has 48 heteroatoms. The molecule has 21 atom stereocenters. The van der Waals surface area contributed by atoms with Crippen LogP contribution in [0.2, 0.25) is 0 Å². The lowest BCUT2D eigenvalue weighted by Crippen LogP contribution is -2.64. The zero-order valence-electron chi connectivity index (χ0n) is 86.0. The number of urea groups is 1. The molecule has 0 saturated carbocycles. The number of ketones is 1. The van der Waals surface area contributed by atoms with Crippen LogP contribution in [0.1, 0.15) is 143 Å². The van der Waals surface area contributed by atoms with Crippen molar-refractivity contribution < 1.29 is 158 Å². The molecule has 4 fully saturated rings. The molecule has 4 heterocycles. The van der Waals surface area contributed by atoms with E-state index in [-0.39, 0.29) is 151 Å². The monoisotopic (exact) mass is 2220 g/mol. The zero-order chi connectivity index (χ0) is 107. The molecular weight excluding hydrogens is 2070 g/mol. The smallest absolute Gasteiger partial charge is 0.411 e. The Morgan fingerprint density at radius 1 is 0.676 bits per heavy atom. The van der Waals surface area contributed by atoms with Gasteiger partial charge in [0.15, 0.2) is 36.0 Å². The van der Waals surface area contributed by atoms with Crippen LogP contribution in [-0.2, 0) is 109 Å². The number of allylic oxidation sites excluding steroid dienone is 5. The summed E-state index contributed by atoms with van der Waals surface area (Å²) in [7, 11) is 10.0. The minimum Gasteiger partial charge on any atom is -0.492 e. The Hall–Kier alpha value is -7.37. The van der Waals surface area contributed by atoms with Crippen LogP contribution in [0.25, 0.3) is 0 Å². The lowest BCUT2D eigenvalue weighted by atomic mass is 9.79. The first-order chi connectivity index (χ1) is 69.5. The molecule has 8 amide bonds. The van der Waals surface area contributed by atoms with E-state index in [0.29, 0.717) is 123 Å². The van der Waals surface area contributed by atoms with Gasteiger partial charge in [0, 0.05) is 77.5 Å². The SMILES string of the molecule is C=C(CC1=C(NC(=O)OC)C(=O)CC(C#C/C=C\C#CC)/C1=C/CSSC(C)C)O[C@@H]1O[C@H](C)[C@@H](NO[C@H]2C[C@H](O)[C@H](SC(=O)c3c(C)c(I)c(O[C@@H]4O[C@@H](C)[C@H](O)[C@@H](OC)[C@H]4O)c(OC)c3OC)[C@@H](C)O2)[C@H](O)[C@H]1O[C@H]1C[C@H](OC)[C@@H](N(CC)CC(=O)NCCOCCOCCOCCOCCOCCOCCOCCNC(=O)[C@H](CCCNC(N)=O)NC(=O)[C@@H](NC(=O)[C@H](CCCCN)NC(C)=O)C(C)C)CO1. The summed E-state index contributed by atoms with van der Waals surface area (Å²) in [6.45, 7) is 28.8. The number of thioether (sulfide) groups is 1. The van der Waals surface area contributed by atoms with E-state index < -0.39 is 174 Å². The molecule has 1 aliphatic carbocycles. The third kappa shape index (κ3) is 42.8. The molecule has 5 aliphatic rings. The quantitative estimate of drug-likeness (QED) is 0.0111. The first-order valence-electron chi connectivity index (χ1n) is 48.7. The fraction of sp³-hybridized carbons (Fsp3) is 0.722. The highest BCUT2D eigenvalue weighted by Gasteiger charge is 2.51. The molecule has 1 unspecified atom stereocenters. The molecule has 44 nitrogen and oxygen atoms in total. The number of benzene rings is 1. The molecule has 820 valence electrons. The third-order valence-corrected chi connectivity index (χ3v) is 29.0. The summed E-state index contributed by atoms with van der Waals surface area (Å²) in [6, 6.07) is -5.26. The summed E-state index contributed by atoms with van der Waals surface area (Å²) < 4.78 is 113. The molecule has 16 N–H and O–H groups in total. The van der Waals surface area contributed by atoms with Crippen molar-refractivity contribution in [3.63, 3.8) is 0 Å². The third-order valence-electron chi connectivity index (χ3n) is 23.5. The number of primary amides is 1. The maximum atomic E-state index is 14.6. The highest BCUT2D eigenvalue weighted by Crippen LogP contribution is 2.49. The van der Waals surface area contributed by atoms with Gasteiger partial charge in [-0.3, -0.25) is 48.6 Å². The number of carbonyl (C=O) groups excluding carboxylic acids is 9. The van der Waals surface area contributed by atoms with Gasteiger partial charge in [-0.25, -0.2) is 9.59 Å². The molecule has 4 saturated heterocycles. The van der Waals surface area contributed by atoms with Crippen molar-refractivity contribution in [1.82, 2.24) is 47.6 Å². The van der Waals surface area contributed by atoms with Crippen molar-refractivity contribution in [1.29, 1.82) is 0 Å². The largest absolute Gasteiger partial charge is 0.492 e. The van der Waals surface area contributed by atoms with Gasteiger partial charge in [-0.15, -0.1) is 5.92 Å². The van der Waals surface area contributed by atoms with Gasteiger partial charge in [0.1, 0.15) is 42.5 Å². The molecule has 4 aliphatic heterocycles. The van der Waals surface area contributed by atoms with Gasteiger partial charge < -0.3 is 154 Å². The van der Waals surface area contributed by atoms with E-state index in [9.17, 15) is 63.6 Å². The zero-order valence-corrected chi connectivity index (χ0v) is 90.6. The summed E-state index contributed by atoms with van der Waals surface area (Å²) in [5.41, 5.74) is 15.2. The van der Waals surface area contributed by atoms with Crippen molar-refractivity contribution >= 4 is 108 Å². The standard InChI is InChI=1S/C97H154IN11O33S3/c1-18-20-21-22-23-27-64-51-70(111)80(107-97(122)127-17)66(65(64)30-49-143-145-57(5)6)50-58(7)136-95-87(82(115)79(60(9)138-95)108-142-75-52-71(112)89(62(11)137-75)144-93(120)76-59(8)77(98)85(88(126-16)84(76)124-14)141-94-83(116)86(125-15)81(114)61(10)139-94)140-74-53-72(123-13)69(55-135-74)109(19-2)54-73(113)101-33-35-128-37-39-130-41-43-132-45-47-134-48-46-133-44-42-131-40-38-129-36-34-102-90(117)67(29-26-32-103-96(100)121)105-92(119)78(56(3)4)106-91(118)68(104-63(12)110)28-24-25-31-99/h21-22,30,56-57,60-62,64,67-69,71-72,74-75,78-79,81-83,86-87,89,94-95,108,112,114-116H,7,19,24-26,28-29,31-55,99H2,1-6,8-17H3,(H,101,113)(H,102,117)(H,104,110)(H,105,119)(H,106,118)(H,107,122)(H3,100,103,121)/b22-21-,65-30-/t60-,61+,62-,64?,67+,68+,69+,71+,72+,74+,75+,78+,79-,81+,82+,83-,86-,87-,89-,94+,95-/m1/s1. The van der Waals surface area contributed by atoms with Crippen LogP contribution in [0, 0.1) is 46.0 Å². The number of unbranched alkanes of at least 4 members (excludes halogenated alkanes) is 1. The Morgan fingerprint density at radius 2 is 1.28 bits per heavy atom. The second kappa shape index (κ2) is 69.2. The minimum absolute atomic E-state index is 0.000881. The summed E-state index contributed by atoms with van der Waals surface area (Å²) in [4.78, 5) is 127. The molecule has 6 rings (SSSR count). The molecule has 1 aromatic carbocycles. The van der Waals surface area contributed by atoms with Gasteiger partial charge in [-0.05, 0) is 137 Å². The fourth-order valence-electron chi connectivity index (χ4n) is 16.0. The Labute approximate surface area is 876 Å². The number of hydrogen-bond acceptors (Lipinski definition) is 39. The van der Waals surface area contributed by atoms with E-state index in [1.807, 2.05) is 40.5 Å². The number of carbonyl (C=O) groups is 9. The maximum Gasteiger partial charge on any atom is 0.411 e. The number of Topliss-reactive ketones (excluding diaryl/α,β-unsaturated/α-hetero) is 1. The molecule has 145 heavy (non-hydrogen) atoms. The Balaban J connectivity index is 0.956. The van der Waals surface area contributed by atoms with E-state index >= 15 is 0 Å². The minimum atomic E-state index is -1.56. The number of amides is 8. The van der Waals surface area contributed by atoms with Crippen molar-refractivity contribution in [3.05, 3.63) is 62.1 Å². The van der Waals surface area contributed by atoms with E-state index in [1.54, 1.807) is 82.2 Å². The van der Waals surface area contributed by atoms with Crippen molar-refractivity contribution in [2.75, 3.05) is 180 Å². The van der Waals surface area contributed by atoms with Crippen LogP contribution >= 0.6 is 55.9 Å². The topological polar surface area (TPSA) is 571 Å². The number of likely N-dealkylation sites (N-methyl/N-ethyl adjacent to an activating group) is 1. The summed E-state index contributed by atoms with van der Waals surface area (Å²) in [6.07, 6.45) is -10.2. The first-order valence-corrected chi connectivity index (χ1v) is 53.1. The number of ether oxygens (including phenoxy) is 19. The van der Waals surface area contributed by atoms with Crippen LogP contribution in [0.4, 0.5) is 9.59 Å². The first kappa shape index (κ1) is 126. The Bertz CT molecular complexity index is 4420. The highest BCUT2D eigenvalue weighted by molar-refractivity contribution is 14.1. The fourth-order valence-corrected chi connectivity index (χ4v) is 19.7. The molecular formula is C97H154IN11O33S3. The van der Waals surface area contributed by atoms with Crippen LogP contribution < -0.4 is 68.4 Å². The van der Waals surface area contributed by atoms with Crippen molar-refractivity contribution in [2.24, 2.45) is 23.3 Å². The lowest BCUT2D eigenvalue weighted by Gasteiger charge is -2.46. The molecule has 0 spiro atoms. The average Bonchev–Trinajstić information content (AvgIpc) is 0.758. The van der Waals surface area contributed by atoms with Gasteiger partial charge in [0.2, 0.25) is 53.0 Å². The molecule has 0 bridgehead atoms. The number of nitrogens with zero attached hydrogens (tertiary/aromatic N) is 1. The number of nitrogens with two attached hydrogens (primary N) is 2. The van der Waals surface area contributed by atoms with Crippen molar-refractivity contribution in [3.8, 4) is 40.9 Å². The number of aliphatic hydroxyl groups excluding tert-OH is 4. The highest BCUT2D eigenvalue weighted by atomic mass is 127. The van der Waals surface area contributed by atoms with Gasteiger partial charge >= 0.3 is 12.1 Å². The number of alkyl carbamates (subject to hydrolysis) is 1. The second-order valence-corrected chi connectivity index (χ2v) is 40.1. The lowest BCUT2D eigenvalue weighted by molar-refractivity contribution is -0.329. The van der Waals surface area contributed by atoms with Crippen LogP contribution in [0.15, 0.2) is 47.4 Å². The van der Waals surface area contributed by atoms with E-state index in [4.69, 9.17) is 106 Å². The number of aliphatic hydroxyl groups is 4. The molecule has 0 radical (unpaired) electrons. The molecule has 1 aromatic rings. The maximum absolute atomic E-state index is 14.6. The number of halogens is 1. The number of rotatable bonds is 65. The van der Waals surface area contributed by atoms with Crippen LogP contribution in [0.5, 0.6) is 17.2 Å². The molecule has 0 aromatic heterocycles. The normalized spacial score (nSPS) is 24.7. The van der Waals surface area contributed by atoms with E-state index in [2.05, 4.69) is 86.8 Å². The van der Waals surface area contributed by atoms with Gasteiger partial charge in [-0.2, -0.15) is 5.48 Å². The summed E-state index contributed by atoms with van der Waals surface area (Å²) in [5.74, 6) is 8.73.